The zero-order valence-corrected chi connectivity index (χ0v) is 39.0. The molecule has 3 aromatic heterocycles. The number of hydrogen-bond donors (Lipinski definition) is 0. The fraction of sp³-hybridized carbons (Fsp3) is 0.0159. The van der Waals surface area contributed by atoms with Gasteiger partial charge < -0.3 is 9.80 Å². The maximum atomic E-state index is 2.54. The van der Waals surface area contributed by atoms with Crippen LogP contribution >= 0.6 is 34.0 Å². The van der Waals surface area contributed by atoms with Crippen molar-refractivity contribution in [3.8, 4) is 21.6 Å². The molecule has 2 aliphatic rings. The van der Waals surface area contributed by atoms with Crippen molar-refractivity contribution in [2.75, 3.05) is 9.80 Å². The predicted octanol–water partition coefficient (Wildman–Crippen LogP) is 18.9. The lowest BCUT2D eigenvalue weighted by molar-refractivity contribution is 0.802. The second-order valence-corrected chi connectivity index (χ2v) is 21.1. The fourth-order valence-electron chi connectivity index (χ4n) is 11.7. The van der Waals surface area contributed by atoms with Crippen molar-refractivity contribution in [1.82, 2.24) is 0 Å². The van der Waals surface area contributed by atoms with E-state index in [1.165, 1.54) is 99.9 Å². The van der Waals surface area contributed by atoms with Gasteiger partial charge in [-0.25, -0.2) is 0 Å². The highest BCUT2D eigenvalue weighted by molar-refractivity contribution is 7.26. The van der Waals surface area contributed by atoms with Crippen LogP contribution in [-0.4, -0.2) is 0 Å². The molecule has 318 valence electrons. The van der Waals surface area contributed by atoms with Crippen LogP contribution in [-0.2, 0) is 5.41 Å². The molecule has 0 saturated heterocycles. The average molecular weight is 919 g/mol. The molecule has 0 N–H and O–H groups in total. The topological polar surface area (TPSA) is 6.48 Å². The molecule has 0 bridgehead atoms. The average Bonchev–Trinajstić information content (AvgIpc) is 4.20. The highest BCUT2D eigenvalue weighted by Gasteiger charge is 2.54. The Morgan fingerprint density at radius 2 is 0.809 bits per heavy atom. The fourth-order valence-corrected chi connectivity index (χ4v) is 15.3. The number of anilines is 6. The highest BCUT2D eigenvalue weighted by atomic mass is 32.1. The molecule has 10 aromatic carbocycles. The summed E-state index contributed by atoms with van der Waals surface area (Å²) in [6, 6.07) is 86.2. The van der Waals surface area contributed by atoms with E-state index in [0.717, 1.165) is 28.4 Å². The first-order valence-corrected chi connectivity index (χ1v) is 25.6. The molecule has 5 heteroatoms. The van der Waals surface area contributed by atoms with E-state index in [2.05, 4.69) is 240 Å². The van der Waals surface area contributed by atoms with E-state index in [9.17, 15) is 0 Å². The Morgan fingerprint density at radius 3 is 1.57 bits per heavy atom. The number of benzene rings is 10. The van der Waals surface area contributed by atoms with Gasteiger partial charge in [0.25, 0.3) is 0 Å². The third-order valence-electron chi connectivity index (χ3n) is 14.4. The molecule has 0 fully saturated rings. The lowest BCUT2D eigenvalue weighted by Crippen LogP contribution is -2.26. The number of para-hydroxylation sites is 2. The normalized spacial score (nSPS) is 14.5. The van der Waals surface area contributed by atoms with Gasteiger partial charge in [0.15, 0.2) is 0 Å². The Kier molecular flexibility index (Phi) is 8.23. The van der Waals surface area contributed by atoms with Crippen LogP contribution in [0.3, 0.4) is 0 Å². The molecule has 2 nitrogen and oxygen atoms in total. The molecule has 0 saturated carbocycles. The molecule has 13 aromatic rings. The van der Waals surface area contributed by atoms with Crippen molar-refractivity contribution in [2.24, 2.45) is 0 Å². The molecular formula is C63H38N2S3. The molecule has 1 atom stereocenters. The molecule has 0 amide bonds. The molecule has 1 spiro atoms. The lowest BCUT2D eigenvalue weighted by Gasteiger charge is -2.33. The smallest absolute Gasteiger partial charge is 0.0741 e. The summed E-state index contributed by atoms with van der Waals surface area (Å²) >= 11 is 5.68. The summed E-state index contributed by atoms with van der Waals surface area (Å²) in [5, 5.41) is 6.50. The van der Waals surface area contributed by atoms with Crippen LogP contribution in [0.4, 0.5) is 34.1 Å². The number of nitrogens with zero attached hydrogens (tertiary/aromatic N) is 2. The molecule has 3 heterocycles. The van der Waals surface area contributed by atoms with E-state index in [0.29, 0.717) is 0 Å². The van der Waals surface area contributed by atoms with Crippen LogP contribution < -0.4 is 9.80 Å². The van der Waals surface area contributed by atoms with Crippen molar-refractivity contribution in [2.45, 2.75) is 5.41 Å². The summed E-state index contributed by atoms with van der Waals surface area (Å²) in [4.78, 5) is 6.31. The molecule has 15 rings (SSSR count). The van der Waals surface area contributed by atoms with Crippen molar-refractivity contribution in [1.29, 1.82) is 0 Å². The molecule has 2 aliphatic carbocycles. The summed E-state index contributed by atoms with van der Waals surface area (Å²) in [6.07, 6.45) is 0. The van der Waals surface area contributed by atoms with E-state index in [-0.39, 0.29) is 0 Å². The number of rotatable bonds is 6. The van der Waals surface area contributed by atoms with Crippen LogP contribution in [0.2, 0.25) is 0 Å². The van der Waals surface area contributed by atoms with E-state index < -0.39 is 5.41 Å². The van der Waals surface area contributed by atoms with Crippen LogP contribution in [0.25, 0.3) is 72.0 Å². The van der Waals surface area contributed by atoms with Crippen LogP contribution in [0.1, 0.15) is 22.3 Å². The van der Waals surface area contributed by atoms with Gasteiger partial charge in [-0.15, -0.1) is 34.0 Å². The van der Waals surface area contributed by atoms with Crippen LogP contribution in [0.5, 0.6) is 0 Å². The van der Waals surface area contributed by atoms with E-state index in [1.807, 2.05) is 34.0 Å². The highest BCUT2D eigenvalue weighted by Crippen LogP contribution is 2.67. The first-order chi connectivity index (χ1) is 33.7. The Balaban J connectivity index is 1.01. The van der Waals surface area contributed by atoms with E-state index in [1.54, 1.807) is 0 Å². The maximum Gasteiger partial charge on any atom is 0.0741 e. The molecule has 68 heavy (non-hydrogen) atoms. The Labute approximate surface area is 405 Å². The summed E-state index contributed by atoms with van der Waals surface area (Å²) < 4.78 is 6.52. The Hall–Kier alpha value is -7.80. The predicted molar refractivity (Wildman–Crippen MR) is 293 cm³/mol. The van der Waals surface area contributed by atoms with Crippen LogP contribution in [0.15, 0.2) is 231 Å². The summed E-state index contributed by atoms with van der Waals surface area (Å²) in [7, 11) is 0. The summed E-state index contributed by atoms with van der Waals surface area (Å²) in [6.45, 7) is 0. The monoisotopic (exact) mass is 918 g/mol. The van der Waals surface area contributed by atoms with Crippen molar-refractivity contribution < 1.29 is 0 Å². The Bertz CT molecular complexity index is 4180. The summed E-state index contributed by atoms with van der Waals surface area (Å²) in [5.74, 6) is 0. The second-order valence-electron chi connectivity index (χ2n) is 17.9. The lowest BCUT2D eigenvalue weighted by atomic mass is 9.70. The number of hydrogen-bond acceptors (Lipinski definition) is 5. The second kappa shape index (κ2) is 14.6. The Morgan fingerprint density at radius 1 is 0.294 bits per heavy atom. The number of thiophene rings is 3. The van der Waals surface area contributed by atoms with Gasteiger partial charge in [-0.05, 0) is 135 Å². The zero-order valence-electron chi connectivity index (χ0n) is 36.6. The van der Waals surface area contributed by atoms with Gasteiger partial charge in [0, 0.05) is 73.7 Å². The largest absolute Gasteiger partial charge is 0.310 e. The zero-order chi connectivity index (χ0) is 44.5. The maximum absolute atomic E-state index is 2.54. The van der Waals surface area contributed by atoms with Crippen molar-refractivity contribution in [3.05, 3.63) is 253 Å². The minimum absolute atomic E-state index is 0.593. The van der Waals surface area contributed by atoms with Gasteiger partial charge >= 0.3 is 0 Å². The van der Waals surface area contributed by atoms with Gasteiger partial charge in [0.05, 0.1) is 15.8 Å². The molecule has 0 radical (unpaired) electrons. The third-order valence-corrected chi connectivity index (χ3v) is 18.0. The minimum Gasteiger partial charge on any atom is -0.310 e. The van der Waals surface area contributed by atoms with Gasteiger partial charge in [0.2, 0.25) is 0 Å². The first kappa shape index (κ1) is 38.3. The SMILES string of the molecule is c1ccc(N(c2ccc3c(c2)C2(c4ccccc4-3)c3cc(N(c4ccccc4)c4cccc5c4sc4ccccc45)ccc3-c3sc4ccccc4c32)c2ccc3sc4ccccc4c3c2)cc1. The van der Waals surface area contributed by atoms with E-state index in [4.69, 9.17) is 0 Å². The van der Waals surface area contributed by atoms with Gasteiger partial charge in [-0.1, -0.05) is 140 Å². The summed E-state index contributed by atoms with van der Waals surface area (Å²) in [5.41, 5.74) is 15.5. The van der Waals surface area contributed by atoms with Crippen molar-refractivity contribution in [3.63, 3.8) is 0 Å². The molecule has 1 unspecified atom stereocenters. The molecular weight excluding hydrogens is 881 g/mol. The van der Waals surface area contributed by atoms with Gasteiger partial charge in [-0.2, -0.15) is 0 Å². The van der Waals surface area contributed by atoms with E-state index >= 15 is 0 Å². The van der Waals surface area contributed by atoms with Gasteiger partial charge in [0.1, 0.15) is 0 Å². The standard InChI is InChI=1S/C63H38N2S3/c1-3-16-39(17-4-1)64(41-32-35-59-51(36-41)47-22-9-12-27-56(47)66-59)42-30-33-45-44-20-7-11-25-52(44)63(53(45)37-42)54-38-43(31-34-49(54)62-60(63)50-23-10-14-29-58(50)68-62)65(40-18-5-2-6-19-40)55-26-15-24-48-46-21-8-13-28-57(46)67-61(48)55/h1-38H. The van der Waals surface area contributed by atoms with Crippen molar-refractivity contribution >= 4 is 119 Å². The van der Waals surface area contributed by atoms with Crippen LogP contribution in [0, 0.1) is 0 Å². The number of fused-ring (bicyclic) bond motifs is 18. The quantitative estimate of drug-likeness (QED) is 0.164. The minimum atomic E-state index is -0.593. The first-order valence-electron chi connectivity index (χ1n) is 23.2. The third kappa shape index (κ3) is 5.32. The van der Waals surface area contributed by atoms with Gasteiger partial charge in [-0.3, -0.25) is 0 Å². The molecule has 0 aliphatic heterocycles.